The van der Waals surface area contributed by atoms with E-state index in [1.807, 2.05) is 0 Å². The molecule has 142 valence electrons. The monoisotopic (exact) mass is 397 g/mol. The molecule has 0 unspecified atom stereocenters. The van der Waals surface area contributed by atoms with Gasteiger partial charge in [0, 0.05) is 29.7 Å². The van der Waals surface area contributed by atoms with Gasteiger partial charge in [-0.2, -0.15) is 0 Å². The van der Waals surface area contributed by atoms with Gasteiger partial charge in [-0.15, -0.1) is 11.3 Å². The van der Waals surface area contributed by atoms with Gasteiger partial charge in [-0.05, 0) is 37.3 Å². The van der Waals surface area contributed by atoms with Crippen LogP contribution >= 0.6 is 11.3 Å². The van der Waals surface area contributed by atoms with E-state index < -0.39 is 12.1 Å². The number of rotatable bonds is 4. The number of carbonyl (C=O) groups excluding carboxylic acids is 1. The SMILES string of the molecule is O=C(O)Oc1nccnc1C(=O)Nc1sc2c(c1-c1ncccn1)CCCC2. The molecule has 10 heteroatoms. The number of anilines is 1. The minimum atomic E-state index is -1.57. The number of hydrogen-bond donors (Lipinski definition) is 2. The number of hydrogen-bond acceptors (Lipinski definition) is 8. The average molecular weight is 397 g/mol. The Kier molecular flexibility index (Phi) is 4.94. The lowest BCUT2D eigenvalue weighted by Gasteiger charge is -2.12. The third-order valence-electron chi connectivity index (χ3n) is 4.25. The lowest BCUT2D eigenvalue weighted by Crippen LogP contribution is -2.17. The summed E-state index contributed by atoms with van der Waals surface area (Å²) in [5.74, 6) is -0.440. The molecule has 3 aromatic heterocycles. The van der Waals surface area contributed by atoms with Crippen LogP contribution in [-0.2, 0) is 12.8 Å². The number of carbonyl (C=O) groups is 2. The molecule has 0 aliphatic heterocycles. The molecule has 0 aromatic carbocycles. The highest BCUT2D eigenvalue weighted by Gasteiger charge is 2.26. The van der Waals surface area contributed by atoms with Gasteiger partial charge >= 0.3 is 6.16 Å². The number of carboxylic acid groups (broad SMARTS) is 1. The van der Waals surface area contributed by atoms with Crippen LogP contribution in [0.5, 0.6) is 5.88 Å². The molecule has 0 saturated heterocycles. The second kappa shape index (κ2) is 7.69. The number of aryl methyl sites for hydroxylation is 1. The van der Waals surface area contributed by atoms with E-state index in [9.17, 15) is 9.59 Å². The minimum Gasteiger partial charge on any atom is -0.449 e. The molecule has 0 atom stereocenters. The summed E-state index contributed by atoms with van der Waals surface area (Å²) in [4.78, 5) is 41.2. The van der Waals surface area contributed by atoms with E-state index in [-0.39, 0.29) is 11.6 Å². The number of nitrogens with one attached hydrogen (secondary N) is 1. The van der Waals surface area contributed by atoms with Crippen LogP contribution in [0.2, 0.25) is 0 Å². The Labute approximate surface area is 163 Å². The molecule has 0 radical (unpaired) electrons. The second-order valence-corrected chi connectivity index (χ2v) is 7.12. The minimum absolute atomic E-state index is 0.212. The van der Waals surface area contributed by atoms with Crippen molar-refractivity contribution in [1.29, 1.82) is 0 Å². The number of amides is 1. The van der Waals surface area contributed by atoms with Gasteiger partial charge in [-0.25, -0.2) is 24.7 Å². The van der Waals surface area contributed by atoms with Crippen molar-refractivity contribution in [1.82, 2.24) is 19.9 Å². The number of fused-ring (bicyclic) bond motifs is 1. The molecule has 2 N–H and O–H groups in total. The third-order valence-corrected chi connectivity index (χ3v) is 5.46. The highest BCUT2D eigenvalue weighted by Crippen LogP contribution is 2.43. The Morgan fingerprint density at radius 2 is 1.79 bits per heavy atom. The van der Waals surface area contributed by atoms with E-state index >= 15 is 0 Å². The van der Waals surface area contributed by atoms with Crippen molar-refractivity contribution < 1.29 is 19.4 Å². The zero-order chi connectivity index (χ0) is 19.5. The number of ether oxygens (including phenoxy) is 1. The summed E-state index contributed by atoms with van der Waals surface area (Å²) in [6.45, 7) is 0. The fourth-order valence-corrected chi connectivity index (χ4v) is 4.40. The predicted molar refractivity (Wildman–Crippen MR) is 101 cm³/mol. The molecule has 1 amide bonds. The topological polar surface area (TPSA) is 127 Å². The molecule has 28 heavy (non-hydrogen) atoms. The van der Waals surface area contributed by atoms with E-state index in [1.165, 1.54) is 28.6 Å². The van der Waals surface area contributed by atoms with E-state index in [2.05, 4.69) is 30.0 Å². The van der Waals surface area contributed by atoms with Crippen molar-refractivity contribution >= 4 is 28.4 Å². The first-order chi connectivity index (χ1) is 13.6. The van der Waals surface area contributed by atoms with Crippen molar-refractivity contribution in [2.75, 3.05) is 5.32 Å². The average Bonchev–Trinajstić information content (AvgIpc) is 3.06. The maximum Gasteiger partial charge on any atom is 0.512 e. The second-order valence-electron chi connectivity index (χ2n) is 6.02. The maximum absolute atomic E-state index is 12.8. The molecule has 3 aromatic rings. The molecular formula is C18H15N5O4S. The van der Waals surface area contributed by atoms with Gasteiger partial charge < -0.3 is 15.2 Å². The zero-order valence-electron chi connectivity index (χ0n) is 14.6. The summed E-state index contributed by atoms with van der Waals surface area (Å²) < 4.78 is 4.56. The van der Waals surface area contributed by atoms with Crippen molar-refractivity contribution in [2.24, 2.45) is 0 Å². The van der Waals surface area contributed by atoms with Crippen LogP contribution < -0.4 is 10.1 Å². The van der Waals surface area contributed by atoms with Crippen LogP contribution in [-0.4, -0.2) is 37.1 Å². The van der Waals surface area contributed by atoms with Crippen molar-refractivity contribution in [3.8, 4) is 17.3 Å². The van der Waals surface area contributed by atoms with Gasteiger partial charge in [0.25, 0.3) is 11.8 Å². The van der Waals surface area contributed by atoms with Crippen LogP contribution in [0, 0.1) is 0 Å². The molecule has 0 bridgehead atoms. The van der Waals surface area contributed by atoms with Crippen molar-refractivity contribution in [3.63, 3.8) is 0 Å². The highest BCUT2D eigenvalue weighted by atomic mass is 32.1. The quantitative estimate of drug-likeness (QED) is 0.643. The summed E-state index contributed by atoms with van der Waals surface area (Å²) in [5, 5.41) is 12.3. The lowest BCUT2D eigenvalue weighted by molar-refractivity contribution is 0.101. The van der Waals surface area contributed by atoms with Crippen LogP contribution in [0.25, 0.3) is 11.4 Å². The summed E-state index contributed by atoms with van der Waals surface area (Å²) in [6, 6.07) is 1.73. The fraction of sp³-hybridized carbons (Fsp3) is 0.222. The van der Waals surface area contributed by atoms with Crippen molar-refractivity contribution in [3.05, 3.63) is 47.0 Å². The van der Waals surface area contributed by atoms with Crippen molar-refractivity contribution in [2.45, 2.75) is 25.7 Å². The standard InChI is InChI=1S/C18H15N5O4S/c24-15(13-16(27-18(25)26)22-9-8-19-13)23-17-12(14-20-6-3-7-21-14)10-4-1-2-5-11(10)28-17/h3,6-9H,1-2,4-5H2,(H,23,24)(H,25,26). The molecule has 3 heterocycles. The first kappa shape index (κ1) is 18.0. The molecule has 1 aliphatic carbocycles. The zero-order valence-corrected chi connectivity index (χ0v) is 15.4. The number of thiophene rings is 1. The van der Waals surface area contributed by atoms with E-state index in [0.717, 1.165) is 36.8 Å². The molecule has 0 saturated carbocycles. The molecule has 1 aliphatic rings. The first-order valence-corrected chi connectivity index (χ1v) is 9.40. The maximum atomic E-state index is 12.8. The summed E-state index contributed by atoms with van der Waals surface area (Å²) in [5.41, 5.74) is 1.74. The normalized spacial score (nSPS) is 12.9. The molecule has 0 fully saturated rings. The van der Waals surface area contributed by atoms with Gasteiger partial charge in [-0.1, -0.05) is 0 Å². The highest BCUT2D eigenvalue weighted by molar-refractivity contribution is 7.17. The van der Waals surface area contributed by atoms with Crippen LogP contribution in [0.3, 0.4) is 0 Å². The number of nitrogens with zero attached hydrogens (tertiary/aromatic N) is 4. The van der Waals surface area contributed by atoms with Gasteiger partial charge in [-0.3, -0.25) is 4.79 Å². The lowest BCUT2D eigenvalue weighted by atomic mass is 9.95. The van der Waals surface area contributed by atoms with Crippen LogP contribution in [0.1, 0.15) is 33.8 Å². The molecule has 4 rings (SSSR count). The Hall–Kier alpha value is -3.40. The third kappa shape index (κ3) is 3.54. The summed E-state index contributed by atoms with van der Waals surface area (Å²) >= 11 is 1.48. The van der Waals surface area contributed by atoms with Crippen LogP contribution in [0.4, 0.5) is 9.80 Å². The smallest absolute Gasteiger partial charge is 0.449 e. The van der Waals surface area contributed by atoms with E-state index in [1.54, 1.807) is 18.5 Å². The van der Waals surface area contributed by atoms with Gasteiger partial charge in [0.1, 0.15) is 5.00 Å². The van der Waals surface area contributed by atoms with Crippen LogP contribution in [0.15, 0.2) is 30.9 Å². The van der Waals surface area contributed by atoms with E-state index in [4.69, 9.17) is 5.11 Å². The number of aromatic nitrogens is 4. The Balaban J connectivity index is 1.72. The Bertz CT molecular complexity index is 1040. The predicted octanol–water partition coefficient (Wildman–Crippen LogP) is 3.18. The first-order valence-electron chi connectivity index (χ1n) is 8.58. The van der Waals surface area contributed by atoms with Gasteiger partial charge in [0.15, 0.2) is 11.5 Å². The van der Waals surface area contributed by atoms with Gasteiger partial charge in [0.2, 0.25) is 0 Å². The van der Waals surface area contributed by atoms with E-state index in [0.29, 0.717) is 10.8 Å². The molecule has 9 nitrogen and oxygen atoms in total. The largest absolute Gasteiger partial charge is 0.512 e. The summed E-state index contributed by atoms with van der Waals surface area (Å²) in [6.07, 6.45) is 8.28. The fourth-order valence-electron chi connectivity index (χ4n) is 3.12. The molecular weight excluding hydrogens is 382 g/mol. The Morgan fingerprint density at radius 3 is 2.57 bits per heavy atom. The summed E-state index contributed by atoms with van der Waals surface area (Å²) in [7, 11) is 0. The Morgan fingerprint density at radius 1 is 1.04 bits per heavy atom. The molecule has 0 spiro atoms. The van der Waals surface area contributed by atoms with Gasteiger partial charge in [0.05, 0.1) is 5.56 Å².